The molecule has 0 amide bonds. The summed E-state index contributed by atoms with van der Waals surface area (Å²) in [7, 11) is 0. The monoisotopic (exact) mass is 279 g/mol. The van der Waals surface area contributed by atoms with Crippen LogP contribution in [-0.2, 0) is 0 Å². The largest absolute Gasteiger partial charge is 0.484 e. The fourth-order valence-electron chi connectivity index (χ4n) is 3.67. The molecular formula is C17H17N3O. The Labute approximate surface area is 124 Å². The summed E-state index contributed by atoms with van der Waals surface area (Å²) < 4.78 is 8.65. The van der Waals surface area contributed by atoms with Crippen molar-refractivity contribution in [3.8, 4) is 11.9 Å². The van der Waals surface area contributed by atoms with Gasteiger partial charge in [0.2, 0.25) is 0 Å². The van der Waals surface area contributed by atoms with E-state index in [1.165, 1.54) is 5.56 Å². The third kappa shape index (κ3) is 1.81. The number of rotatable bonds is 1. The van der Waals surface area contributed by atoms with E-state index in [2.05, 4.69) is 53.5 Å². The molecule has 1 spiro atoms. The van der Waals surface area contributed by atoms with Crippen LogP contribution in [0.1, 0.15) is 24.4 Å². The average molecular weight is 279 g/mol. The van der Waals surface area contributed by atoms with Crippen LogP contribution in [0.3, 0.4) is 0 Å². The molecule has 4 nitrogen and oxygen atoms in total. The van der Waals surface area contributed by atoms with E-state index >= 15 is 0 Å². The first-order valence-corrected chi connectivity index (χ1v) is 7.37. The molecule has 2 aromatic rings. The number of ether oxygens (including phenoxy) is 1. The van der Waals surface area contributed by atoms with E-state index in [-0.39, 0.29) is 11.6 Å². The Morgan fingerprint density at radius 1 is 1.10 bits per heavy atom. The molecule has 3 heterocycles. The Morgan fingerprint density at radius 3 is 2.52 bits per heavy atom. The van der Waals surface area contributed by atoms with E-state index < -0.39 is 0 Å². The second-order valence-corrected chi connectivity index (χ2v) is 5.82. The lowest BCUT2D eigenvalue weighted by Gasteiger charge is -2.40. The molecule has 2 aliphatic heterocycles. The van der Waals surface area contributed by atoms with Crippen LogP contribution in [0.25, 0.3) is 0 Å². The summed E-state index contributed by atoms with van der Waals surface area (Å²) in [6.07, 6.45) is 8.21. The van der Waals surface area contributed by atoms with E-state index in [9.17, 15) is 0 Å². The fraction of sp³-hybridized carbons (Fsp3) is 0.353. The number of nitrogens with zero attached hydrogens (tertiary/aromatic N) is 3. The van der Waals surface area contributed by atoms with Crippen molar-refractivity contribution in [2.24, 2.45) is 0 Å². The van der Waals surface area contributed by atoms with E-state index in [0.29, 0.717) is 0 Å². The smallest absolute Gasteiger partial charge is 0.179 e. The minimum absolute atomic E-state index is 0.199. The number of likely N-dealkylation sites (tertiary alicyclic amines) is 1. The Kier molecular flexibility index (Phi) is 2.68. The van der Waals surface area contributed by atoms with Gasteiger partial charge in [-0.05, 0) is 18.2 Å². The van der Waals surface area contributed by atoms with Gasteiger partial charge in [0, 0.05) is 43.9 Å². The van der Waals surface area contributed by atoms with Gasteiger partial charge in [-0.25, -0.2) is 0 Å². The lowest BCUT2D eigenvalue weighted by Crippen LogP contribution is -2.49. The summed E-state index contributed by atoms with van der Waals surface area (Å²) in [6.45, 7) is 1.53. The van der Waals surface area contributed by atoms with Crippen molar-refractivity contribution >= 4 is 0 Å². The van der Waals surface area contributed by atoms with Crippen molar-refractivity contribution < 1.29 is 4.74 Å². The maximum Gasteiger partial charge on any atom is 0.179 e. The van der Waals surface area contributed by atoms with Crippen molar-refractivity contribution in [1.82, 2.24) is 9.47 Å². The normalized spacial score (nSPS) is 22.6. The Hall–Kier alpha value is -2.41. The maximum absolute atomic E-state index is 9.08. The van der Waals surface area contributed by atoms with E-state index in [1.807, 2.05) is 11.0 Å². The van der Waals surface area contributed by atoms with Crippen molar-refractivity contribution in [2.45, 2.75) is 24.5 Å². The van der Waals surface area contributed by atoms with Crippen LogP contribution in [0.2, 0.25) is 0 Å². The number of fused-ring (bicyclic) bond motifs is 1. The standard InChI is InChI=1S/C17H17N3O/c18-13-19-11-7-17(8-12-19)16(20-9-3-4-10-20)14-5-1-2-6-15(14)21-17/h1-6,9-10,16H,7-8,11-12H2/t16-/m0/s1. The number of para-hydroxylation sites is 1. The van der Waals surface area contributed by atoms with Crippen LogP contribution in [0, 0.1) is 11.5 Å². The lowest BCUT2D eigenvalue weighted by atomic mass is 9.82. The Balaban J connectivity index is 1.77. The summed E-state index contributed by atoms with van der Waals surface area (Å²) in [5, 5.41) is 9.08. The molecule has 1 fully saturated rings. The lowest BCUT2D eigenvalue weighted by molar-refractivity contribution is 0.00544. The molecule has 1 saturated heterocycles. The molecule has 0 saturated carbocycles. The molecule has 0 unspecified atom stereocenters. The van der Waals surface area contributed by atoms with Crippen LogP contribution >= 0.6 is 0 Å². The summed E-state index contributed by atoms with van der Waals surface area (Å²) in [5.41, 5.74) is 1.02. The van der Waals surface area contributed by atoms with Gasteiger partial charge in [0.1, 0.15) is 17.4 Å². The first kappa shape index (κ1) is 12.3. The van der Waals surface area contributed by atoms with Gasteiger partial charge < -0.3 is 14.2 Å². The van der Waals surface area contributed by atoms with Crippen molar-refractivity contribution in [1.29, 1.82) is 5.26 Å². The zero-order valence-corrected chi connectivity index (χ0v) is 11.8. The quantitative estimate of drug-likeness (QED) is 0.754. The summed E-state index contributed by atoms with van der Waals surface area (Å²) in [6, 6.07) is 12.6. The summed E-state index contributed by atoms with van der Waals surface area (Å²) in [5.74, 6) is 0.988. The molecule has 1 aromatic heterocycles. The minimum Gasteiger partial charge on any atom is -0.484 e. The van der Waals surface area contributed by atoms with Crippen LogP contribution in [0.5, 0.6) is 5.75 Å². The second-order valence-electron chi connectivity index (χ2n) is 5.82. The van der Waals surface area contributed by atoms with Crippen LogP contribution < -0.4 is 4.74 Å². The van der Waals surface area contributed by atoms with Gasteiger partial charge in [-0.2, -0.15) is 5.26 Å². The molecule has 106 valence electrons. The Morgan fingerprint density at radius 2 is 1.81 bits per heavy atom. The van der Waals surface area contributed by atoms with Crippen molar-refractivity contribution in [3.63, 3.8) is 0 Å². The molecule has 4 heteroatoms. The number of aromatic nitrogens is 1. The van der Waals surface area contributed by atoms with Gasteiger partial charge in [0.05, 0.1) is 0 Å². The zero-order chi connectivity index (χ0) is 14.3. The molecule has 1 aromatic carbocycles. The molecular weight excluding hydrogens is 262 g/mol. The van der Waals surface area contributed by atoms with Crippen LogP contribution in [0.4, 0.5) is 0 Å². The minimum atomic E-state index is -0.226. The van der Waals surface area contributed by atoms with Gasteiger partial charge in [0.15, 0.2) is 6.19 Å². The molecule has 0 radical (unpaired) electrons. The highest BCUT2D eigenvalue weighted by Gasteiger charge is 2.50. The van der Waals surface area contributed by atoms with Gasteiger partial charge >= 0.3 is 0 Å². The number of piperidine rings is 1. The van der Waals surface area contributed by atoms with E-state index in [1.54, 1.807) is 0 Å². The average Bonchev–Trinajstić information content (AvgIpc) is 3.13. The van der Waals surface area contributed by atoms with Gasteiger partial charge in [-0.3, -0.25) is 0 Å². The zero-order valence-electron chi connectivity index (χ0n) is 11.8. The van der Waals surface area contributed by atoms with E-state index in [0.717, 1.165) is 31.7 Å². The molecule has 1 atom stereocenters. The predicted octanol–water partition coefficient (Wildman–Crippen LogP) is 2.79. The number of hydrogen-bond acceptors (Lipinski definition) is 3. The highest BCUT2D eigenvalue weighted by Crippen LogP contribution is 2.50. The number of hydrogen-bond donors (Lipinski definition) is 0. The first-order valence-electron chi connectivity index (χ1n) is 7.37. The predicted molar refractivity (Wildman–Crippen MR) is 78.8 cm³/mol. The number of benzene rings is 1. The molecule has 0 aliphatic carbocycles. The SMILES string of the molecule is N#CN1CCC2(CC1)Oc1ccccc1[C@@H]2n1cccc1. The highest BCUT2D eigenvalue weighted by atomic mass is 16.5. The molecule has 0 N–H and O–H groups in total. The fourth-order valence-corrected chi connectivity index (χ4v) is 3.67. The molecule has 21 heavy (non-hydrogen) atoms. The molecule has 2 aliphatic rings. The topological polar surface area (TPSA) is 41.2 Å². The van der Waals surface area contributed by atoms with Gasteiger partial charge in [-0.1, -0.05) is 18.2 Å². The van der Waals surface area contributed by atoms with Crippen molar-refractivity contribution in [2.75, 3.05) is 13.1 Å². The molecule has 0 bridgehead atoms. The first-order chi connectivity index (χ1) is 10.3. The van der Waals surface area contributed by atoms with Crippen LogP contribution in [-0.4, -0.2) is 28.2 Å². The van der Waals surface area contributed by atoms with Gasteiger partial charge in [-0.15, -0.1) is 0 Å². The summed E-state index contributed by atoms with van der Waals surface area (Å²) >= 11 is 0. The van der Waals surface area contributed by atoms with Gasteiger partial charge in [0.25, 0.3) is 0 Å². The highest BCUT2D eigenvalue weighted by molar-refractivity contribution is 5.43. The summed E-state index contributed by atoms with van der Waals surface area (Å²) in [4.78, 5) is 1.82. The number of nitriles is 1. The maximum atomic E-state index is 9.08. The second kappa shape index (κ2) is 4.56. The third-order valence-corrected chi connectivity index (χ3v) is 4.70. The molecule has 4 rings (SSSR count). The Bertz CT molecular complexity index is 678. The van der Waals surface area contributed by atoms with Crippen LogP contribution in [0.15, 0.2) is 48.8 Å². The third-order valence-electron chi connectivity index (χ3n) is 4.70. The van der Waals surface area contributed by atoms with E-state index in [4.69, 9.17) is 10.00 Å². The van der Waals surface area contributed by atoms with Crippen molar-refractivity contribution in [3.05, 3.63) is 54.4 Å².